The van der Waals surface area contributed by atoms with Gasteiger partial charge in [0.2, 0.25) is 0 Å². The largest absolute Gasteiger partial charge is 0.426 e. The minimum Gasteiger partial charge on any atom is -0.354 e. The minimum atomic E-state index is -5.49. The normalized spacial score (nSPS) is 45.8. The summed E-state index contributed by atoms with van der Waals surface area (Å²) in [6.07, 6.45) is -11.4. The molecule has 1 nitrogen and oxygen atoms in total. The van der Waals surface area contributed by atoms with Crippen LogP contribution in [0.15, 0.2) is 0 Å². The fourth-order valence-electron chi connectivity index (χ4n) is 3.89. The van der Waals surface area contributed by atoms with E-state index in [0.29, 0.717) is 6.42 Å². The Labute approximate surface area is 103 Å². The van der Waals surface area contributed by atoms with Crippen molar-refractivity contribution in [3.63, 3.8) is 0 Å². The third kappa shape index (κ3) is 1.25. The molecule has 0 N–H and O–H groups in total. The van der Waals surface area contributed by atoms with Crippen LogP contribution in [-0.2, 0) is 4.74 Å². The molecule has 3 rings (SSSR count). The van der Waals surface area contributed by atoms with E-state index in [-0.39, 0.29) is 12.3 Å². The Hall–Kier alpha value is -0.170. The van der Waals surface area contributed by atoms with Crippen molar-refractivity contribution in [2.75, 3.05) is 0 Å². The van der Waals surface area contributed by atoms with E-state index in [4.69, 9.17) is 11.6 Å². The van der Waals surface area contributed by atoms with E-state index < -0.39 is 41.3 Å². The van der Waals surface area contributed by atoms with Crippen molar-refractivity contribution in [3.05, 3.63) is 0 Å². The number of alkyl halides is 7. The molecule has 1 aliphatic heterocycles. The van der Waals surface area contributed by atoms with Gasteiger partial charge in [0.05, 0.1) is 6.10 Å². The Morgan fingerprint density at radius 3 is 2.00 bits per heavy atom. The van der Waals surface area contributed by atoms with Gasteiger partial charge in [-0.2, -0.15) is 26.3 Å². The number of rotatable bonds is 0. The van der Waals surface area contributed by atoms with Crippen LogP contribution in [0.4, 0.5) is 26.3 Å². The molecule has 0 radical (unpaired) electrons. The summed E-state index contributed by atoms with van der Waals surface area (Å²) in [5.74, 6) is -2.72. The van der Waals surface area contributed by atoms with E-state index in [0.717, 1.165) is 0 Å². The standard InChI is InChI=1S/C10H9ClF6O/c11-7-3-1-4-5(2-3)18-8(6(4)7,9(12,13)14)10(15,16)17/h3-7H,1-2H2/t3-,4-,5?,6?,7?/m0/s1. The van der Waals surface area contributed by atoms with Crippen molar-refractivity contribution >= 4 is 11.6 Å². The number of hydrogen-bond donors (Lipinski definition) is 0. The molecule has 0 spiro atoms. The molecule has 1 saturated heterocycles. The summed E-state index contributed by atoms with van der Waals surface area (Å²) < 4.78 is 82.6. The molecule has 3 unspecified atom stereocenters. The highest BCUT2D eigenvalue weighted by atomic mass is 35.5. The highest BCUT2D eigenvalue weighted by Crippen LogP contribution is 2.68. The third-order valence-corrected chi connectivity index (χ3v) is 5.12. The average Bonchev–Trinajstić information content (AvgIpc) is 2.71. The topological polar surface area (TPSA) is 9.23 Å². The van der Waals surface area contributed by atoms with Crippen LogP contribution in [0.3, 0.4) is 0 Å². The highest BCUT2D eigenvalue weighted by molar-refractivity contribution is 6.21. The summed E-state index contributed by atoms with van der Waals surface area (Å²) >= 11 is 5.82. The number of halogens is 7. The summed E-state index contributed by atoms with van der Waals surface area (Å²) in [5.41, 5.74) is -4.08. The lowest BCUT2D eigenvalue weighted by atomic mass is 9.77. The molecule has 0 amide bonds. The zero-order chi connectivity index (χ0) is 13.5. The van der Waals surface area contributed by atoms with Gasteiger partial charge in [-0.3, -0.25) is 0 Å². The Morgan fingerprint density at radius 2 is 1.56 bits per heavy atom. The second-order valence-corrected chi connectivity index (χ2v) is 5.76. The van der Waals surface area contributed by atoms with Crippen molar-refractivity contribution in [2.24, 2.45) is 17.8 Å². The van der Waals surface area contributed by atoms with Crippen LogP contribution >= 0.6 is 11.6 Å². The highest BCUT2D eigenvalue weighted by Gasteiger charge is 2.84. The first-order chi connectivity index (χ1) is 8.09. The summed E-state index contributed by atoms with van der Waals surface area (Å²) in [6, 6.07) is 0. The molecule has 0 aromatic carbocycles. The molecule has 0 aromatic heterocycles. The molecular formula is C10H9ClF6O. The summed E-state index contributed by atoms with van der Waals surface area (Å²) in [6.45, 7) is 0. The van der Waals surface area contributed by atoms with Gasteiger partial charge in [0.15, 0.2) is 0 Å². The van der Waals surface area contributed by atoms with Gasteiger partial charge >= 0.3 is 12.4 Å². The maximum Gasteiger partial charge on any atom is 0.426 e. The lowest BCUT2D eigenvalue weighted by Gasteiger charge is -2.38. The SMILES string of the molecule is FC(F)(F)C1(C(F)(F)F)OC2C[C@@H]3C[C@@H]2C1C3Cl. The summed E-state index contributed by atoms with van der Waals surface area (Å²) in [7, 11) is 0. The fraction of sp³-hybridized carbons (Fsp3) is 1.00. The van der Waals surface area contributed by atoms with Crippen molar-refractivity contribution < 1.29 is 31.1 Å². The van der Waals surface area contributed by atoms with Crippen LogP contribution in [-0.4, -0.2) is 29.4 Å². The van der Waals surface area contributed by atoms with E-state index >= 15 is 0 Å². The van der Waals surface area contributed by atoms with Crippen molar-refractivity contribution in [3.8, 4) is 0 Å². The monoisotopic (exact) mass is 294 g/mol. The lowest BCUT2D eigenvalue weighted by molar-refractivity contribution is -0.383. The van der Waals surface area contributed by atoms with E-state index in [2.05, 4.69) is 4.74 Å². The molecule has 5 atom stereocenters. The molecular weight excluding hydrogens is 286 g/mol. The number of hydrogen-bond acceptors (Lipinski definition) is 1. The number of ether oxygens (including phenoxy) is 1. The van der Waals surface area contributed by atoms with Crippen molar-refractivity contribution in [1.29, 1.82) is 0 Å². The molecule has 0 aromatic rings. The zero-order valence-corrected chi connectivity index (χ0v) is 9.61. The smallest absolute Gasteiger partial charge is 0.354 e. The van der Waals surface area contributed by atoms with Gasteiger partial charge < -0.3 is 4.74 Å². The summed E-state index contributed by atoms with van der Waals surface area (Å²) in [5, 5.41) is -1.11. The molecule has 8 heteroatoms. The van der Waals surface area contributed by atoms with Gasteiger partial charge in [0, 0.05) is 11.3 Å². The lowest BCUT2D eigenvalue weighted by Crippen LogP contribution is -2.62. The van der Waals surface area contributed by atoms with Crippen LogP contribution in [0, 0.1) is 17.8 Å². The van der Waals surface area contributed by atoms with Gasteiger partial charge in [0.1, 0.15) is 0 Å². The third-order valence-electron chi connectivity index (χ3n) is 4.49. The molecule has 104 valence electrons. The second kappa shape index (κ2) is 3.29. The van der Waals surface area contributed by atoms with Crippen LogP contribution < -0.4 is 0 Å². The molecule has 3 aliphatic rings. The second-order valence-electron chi connectivity index (χ2n) is 5.25. The van der Waals surface area contributed by atoms with E-state index in [1.54, 1.807) is 0 Å². The molecule has 2 saturated carbocycles. The molecule has 2 bridgehead atoms. The van der Waals surface area contributed by atoms with Gasteiger partial charge in [-0.1, -0.05) is 0 Å². The van der Waals surface area contributed by atoms with Gasteiger partial charge in [-0.05, 0) is 24.7 Å². The fourth-order valence-corrected chi connectivity index (χ4v) is 4.46. The maximum atomic E-state index is 13.0. The first-order valence-corrected chi connectivity index (χ1v) is 5.98. The van der Waals surface area contributed by atoms with Crippen molar-refractivity contribution in [1.82, 2.24) is 0 Å². The molecule has 18 heavy (non-hydrogen) atoms. The Bertz CT molecular complexity index is 362. The average molecular weight is 295 g/mol. The number of fused-ring (bicyclic) bond motifs is 1. The van der Waals surface area contributed by atoms with Crippen LogP contribution in [0.5, 0.6) is 0 Å². The van der Waals surface area contributed by atoms with Gasteiger partial charge in [-0.15, -0.1) is 11.6 Å². The van der Waals surface area contributed by atoms with Crippen molar-refractivity contribution in [2.45, 2.75) is 42.3 Å². The van der Waals surface area contributed by atoms with Gasteiger partial charge in [-0.25, -0.2) is 0 Å². The maximum absolute atomic E-state index is 13.0. The van der Waals surface area contributed by atoms with E-state index in [9.17, 15) is 26.3 Å². The quantitative estimate of drug-likeness (QED) is 0.491. The predicted octanol–water partition coefficient (Wildman–Crippen LogP) is 3.51. The summed E-state index contributed by atoms with van der Waals surface area (Å²) in [4.78, 5) is 0. The Balaban J connectivity index is 2.13. The van der Waals surface area contributed by atoms with E-state index in [1.807, 2.05) is 0 Å². The van der Waals surface area contributed by atoms with Crippen LogP contribution in [0.25, 0.3) is 0 Å². The molecule has 1 heterocycles. The van der Waals surface area contributed by atoms with Gasteiger partial charge in [0.25, 0.3) is 5.60 Å². The van der Waals surface area contributed by atoms with Crippen LogP contribution in [0.2, 0.25) is 0 Å². The van der Waals surface area contributed by atoms with E-state index in [1.165, 1.54) is 0 Å². The Kier molecular flexibility index (Phi) is 2.34. The first-order valence-electron chi connectivity index (χ1n) is 5.55. The predicted molar refractivity (Wildman–Crippen MR) is 49.1 cm³/mol. The van der Waals surface area contributed by atoms with Crippen LogP contribution in [0.1, 0.15) is 12.8 Å². The Morgan fingerprint density at radius 1 is 1.00 bits per heavy atom. The molecule has 2 aliphatic carbocycles. The molecule has 3 fully saturated rings. The zero-order valence-electron chi connectivity index (χ0n) is 8.85. The minimum absolute atomic E-state index is 0.198. The first kappa shape index (κ1) is 12.8.